The van der Waals surface area contributed by atoms with Gasteiger partial charge < -0.3 is 10.2 Å². The van der Waals surface area contributed by atoms with Crippen molar-refractivity contribution in [3.63, 3.8) is 0 Å². The Morgan fingerprint density at radius 2 is 1.65 bits per heavy atom. The van der Waals surface area contributed by atoms with Crippen molar-refractivity contribution in [1.82, 2.24) is 10.2 Å². The molecule has 13 heteroatoms. The number of amides is 2. The molecule has 0 aliphatic heterocycles. The van der Waals surface area contributed by atoms with E-state index in [1.165, 1.54) is 6.92 Å². The third-order valence-electron chi connectivity index (χ3n) is 5.37. The molecule has 0 fully saturated rings. The second kappa shape index (κ2) is 12.4. The number of nitrogens with one attached hydrogen (secondary N) is 1. The number of sulfonamides is 1. The summed E-state index contributed by atoms with van der Waals surface area (Å²) in [6.07, 6.45) is -4.08. The molecule has 0 saturated carbocycles. The van der Waals surface area contributed by atoms with Crippen LogP contribution in [0.15, 0.2) is 42.5 Å². The van der Waals surface area contributed by atoms with Crippen molar-refractivity contribution >= 4 is 50.7 Å². The Labute approximate surface area is 224 Å². The van der Waals surface area contributed by atoms with Gasteiger partial charge in [0.15, 0.2) is 0 Å². The Balaban J connectivity index is 2.47. The lowest BCUT2D eigenvalue weighted by Gasteiger charge is -2.32. The molecule has 2 aromatic carbocycles. The highest BCUT2D eigenvalue weighted by atomic mass is 35.5. The van der Waals surface area contributed by atoms with Gasteiger partial charge in [0, 0.05) is 18.1 Å². The summed E-state index contributed by atoms with van der Waals surface area (Å²) in [6.45, 7) is 4.60. The van der Waals surface area contributed by atoms with E-state index in [0.717, 1.165) is 23.3 Å². The molecule has 1 atom stereocenters. The minimum atomic E-state index is -4.85. The summed E-state index contributed by atoms with van der Waals surface area (Å²) in [5, 5.41) is 2.43. The van der Waals surface area contributed by atoms with Crippen molar-refractivity contribution in [3.8, 4) is 0 Å². The lowest BCUT2D eigenvalue weighted by atomic mass is 10.1. The van der Waals surface area contributed by atoms with Gasteiger partial charge in [-0.3, -0.25) is 13.9 Å². The highest BCUT2D eigenvalue weighted by Crippen LogP contribution is 2.37. The highest BCUT2D eigenvalue weighted by Gasteiger charge is 2.35. The van der Waals surface area contributed by atoms with Gasteiger partial charge in [-0.2, -0.15) is 13.2 Å². The van der Waals surface area contributed by atoms with Crippen LogP contribution >= 0.6 is 23.2 Å². The third-order valence-corrected chi connectivity index (χ3v) is 7.21. The first-order chi connectivity index (χ1) is 17.0. The number of benzene rings is 2. The van der Waals surface area contributed by atoms with Crippen LogP contribution in [-0.2, 0) is 32.3 Å². The second-order valence-corrected chi connectivity index (χ2v) is 11.6. The van der Waals surface area contributed by atoms with E-state index in [0.29, 0.717) is 27.5 Å². The van der Waals surface area contributed by atoms with Crippen LogP contribution in [0.2, 0.25) is 10.0 Å². The predicted octanol–water partition coefficient (Wildman–Crippen LogP) is 4.97. The molecular formula is C24H28Cl2F3N3O4S. The smallest absolute Gasteiger partial charge is 0.354 e. The number of carbonyl (C=O) groups excluding carboxylic acids is 2. The SMILES string of the molecule is CC(C)CNC(=O)[C@@H](C)N(Cc1ccccc1Cl)C(=O)CN(c1ccc(Cl)c(C(F)(F)F)c1)S(C)(=O)=O. The van der Waals surface area contributed by atoms with Crippen molar-refractivity contribution in [2.24, 2.45) is 5.92 Å². The van der Waals surface area contributed by atoms with Gasteiger partial charge in [0.1, 0.15) is 12.6 Å². The summed E-state index contributed by atoms with van der Waals surface area (Å²) < 4.78 is 65.9. The lowest BCUT2D eigenvalue weighted by molar-refractivity contribution is -0.139. The molecule has 0 spiro atoms. The van der Waals surface area contributed by atoms with E-state index in [2.05, 4.69) is 5.32 Å². The molecule has 0 aliphatic rings. The zero-order chi connectivity index (χ0) is 28.1. The number of anilines is 1. The van der Waals surface area contributed by atoms with Crippen LogP contribution in [0.1, 0.15) is 31.9 Å². The van der Waals surface area contributed by atoms with Crippen LogP contribution in [0.4, 0.5) is 18.9 Å². The van der Waals surface area contributed by atoms with Gasteiger partial charge in [0.25, 0.3) is 0 Å². The van der Waals surface area contributed by atoms with Crippen molar-refractivity contribution in [2.75, 3.05) is 23.7 Å². The van der Waals surface area contributed by atoms with Crippen molar-refractivity contribution in [3.05, 3.63) is 63.6 Å². The number of rotatable bonds is 10. The standard InChI is InChI=1S/C24H28Cl2F3N3O4S/c1-15(2)12-30-23(34)16(3)31(13-17-7-5-6-8-20(17)25)22(33)14-32(37(4,35)36)18-9-10-21(26)19(11-18)24(27,28)29/h5-11,15-16H,12-14H2,1-4H3,(H,30,34)/t16-/m1/s1. The Bertz CT molecular complexity index is 1240. The van der Waals surface area contributed by atoms with Gasteiger partial charge in [0.2, 0.25) is 21.8 Å². The summed E-state index contributed by atoms with van der Waals surface area (Å²) in [7, 11) is -4.22. The molecule has 0 radical (unpaired) electrons. The summed E-state index contributed by atoms with van der Waals surface area (Å²) in [5.41, 5.74) is -1.15. The number of halogens is 5. The topological polar surface area (TPSA) is 86.8 Å². The van der Waals surface area contributed by atoms with Crippen LogP contribution in [0.25, 0.3) is 0 Å². The van der Waals surface area contributed by atoms with E-state index in [-0.39, 0.29) is 12.5 Å². The van der Waals surface area contributed by atoms with Crippen LogP contribution < -0.4 is 9.62 Å². The van der Waals surface area contributed by atoms with Crippen LogP contribution in [0, 0.1) is 5.92 Å². The molecule has 0 unspecified atom stereocenters. The first-order valence-corrected chi connectivity index (χ1v) is 13.8. The van der Waals surface area contributed by atoms with Gasteiger partial charge in [-0.15, -0.1) is 0 Å². The molecule has 0 saturated heterocycles. The average molecular weight is 582 g/mol. The van der Waals surface area contributed by atoms with Gasteiger partial charge in [0.05, 0.1) is 22.5 Å². The highest BCUT2D eigenvalue weighted by molar-refractivity contribution is 7.92. The Morgan fingerprint density at radius 1 is 1.03 bits per heavy atom. The van der Waals surface area contributed by atoms with Gasteiger partial charge >= 0.3 is 6.18 Å². The molecule has 37 heavy (non-hydrogen) atoms. The average Bonchev–Trinajstić information content (AvgIpc) is 2.78. The van der Waals surface area contributed by atoms with E-state index >= 15 is 0 Å². The van der Waals surface area contributed by atoms with E-state index < -0.39 is 56.9 Å². The molecule has 2 aromatic rings. The Hall–Kier alpha value is -2.50. The van der Waals surface area contributed by atoms with Crippen molar-refractivity contribution < 1.29 is 31.2 Å². The zero-order valence-electron chi connectivity index (χ0n) is 20.6. The molecule has 7 nitrogen and oxygen atoms in total. The summed E-state index contributed by atoms with van der Waals surface area (Å²) in [4.78, 5) is 27.4. The molecule has 2 rings (SSSR count). The summed E-state index contributed by atoms with van der Waals surface area (Å²) >= 11 is 11.9. The molecule has 0 heterocycles. The monoisotopic (exact) mass is 581 g/mol. The number of hydrogen-bond donors (Lipinski definition) is 1. The molecule has 204 valence electrons. The summed E-state index contributed by atoms with van der Waals surface area (Å²) in [5.74, 6) is -1.16. The quantitative estimate of drug-likeness (QED) is 0.429. The molecule has 0 bridgehead atoms. The normalized spacial score (nSPS) is 12.8. The van der Waals surface area contributed by atoms with Crippen molar-refractivity contribution in [2.45, 2.75) is 39.5 Å². The van der Waals surface area contributed by atoms with Crippen LogP contribution in [-0.4, -0.2) is 50.5 Å². The van der Waals surface area contributed by atoms with E-state index in [9.17, 15) is 31.2 Å². The van der Waals surface area contributed by atoms with Gasteiger partial charge in [-0.05, 0) is 42.7 Å². The van der Waals surface area contributed by atoms with Crippen LogP contribution in [0.3, 0.4) is 0 Å². The predicted molar refractivity (Wildman–Crippen MR) is 138 cm³/mol. The number of alkyl halides is 3. The first kappa shape index (κ1) is 30.7. The van der Waals surface area contributed by atoms with Gasteiger partial charge in [-0.1, -0.05) is 55.2 Å². The fourth-order valence-electron chi connectivity index (χ4n) is 3.34. The maximum Gasteiger partial charge on any atom is 0.417 e. The lowest BCUT2D eigenvalue weighted by Crippen LogP contribution is -2.51. The molecule has 2 amide bonds. The molecule has 0 aromatic heterocycles. The maximum atomic E-state index is 13.5. The van der Waals surface area contributed by atoms with Gasteiger partial charge in [-0.25, -0.2) is 8.42 Å². The second-order valence-electron chi connectivity index (χ2n) is 8.86. The first-order valence-electron chi connectivity index (χ1n) is 11.2. The van der Waals surface area contributed by atoms with E-state index in [1.807, 2.05) is 13.8 Å². The molecule has 0 aliphatic carbocycles. The maximum absolute atomic E-state index is 13.5. The van der Waals surface area contributed by atoms with Crippen LogP contribution in [0.5, 0.6) is 0 Å². The largest absolute Gasteiger partial charge is 0.417 e. The third kappa shape index (κ3) is 8.51. The number of nitrogens with zero attached hydrogens (tertiary/aromatic N) is 2. The van der Waals surface area contributed by atoms with Crippen molar-refractivity contribution in [1.29, 1.82) is 0 Å². The fourth-order valence-corrected chi connectivity index (χ4v) is 4.61. The minimum Gasteiger partial charge on any atom is -0.354 e. The molecular weight excluding hydrogens is 554 g/mol. The minimum absolute atomic E-state index is 0.136. The number of carbonyl (C=O) groups is 2. The summed E-state index contributed by atoms with van der Waals surface area (Å²) in [6, 6.07) is 8.11. The number of hydrogen-bond acceptors (Lipinski definition) is 4. The van der Waals surface area contributed by atoms with E-state index in [4.69, 9.17) is 23.2 Å². The molecule has 1 N–H and O–H groups in total. The Kier molecular flexibility index (Phi) is 10.3. The van der Waals surface area contributed by atoms with E-state index in [1.54, 1.807) is 24.3 Å². The fraction of sp³-hybridized carbons (Fsp3) is 0.417. The Morgan fingerprint density at radius 3 is 2.19 bits per heavy atom. The zero-order valence-corrected chi connectivity index (χ0v) is 23.0.